The number of hydrogen-bond acceptors (Lipinski definition) is 3. The minimum absolute atomic E-state index is 0.715. The van der Waals surface area contributed by atoms with Crippen molar-refractivity contribution < 1.29 is 4.74 Å². The summed E-state index contributed by atoms with van der Waals surface area (Å²) in [7, 11) is 0. The van der Waals surface area contributed by atoms with Crippen molar-refractivity contribution in [1.29, 1.82) is 0 Å². The quantitative estimate of drug-likeness (QED) is 0.739. The van der Waals surface area contributed by atoms with Crippen molar-refractivity contribution in [3.63, 3.8) is 0 Å². The van der Waals surface area contributed by atoms with E-state index in [1.54, 1.807) is 0 Å². The highest BCUT2D eigenvalue weighted by Crippen LogP contribution is 2.18. The fourth-order valence-electron chi connectivity index (χ4n) is 2.65. The molecule has 0 spiro atoms. The van der Waals surface area contributed by atoms with Crippen molar-refractivity contribution in [3.05, 3.63) is 24.3 Å². The van der Waals surface area contributed by atoms with Crippen LogP contribution in [0, 0.1) is 0 Å². The van der Waals surface area contributed by atoms with Crippen LogP contribution in [0.5, 0.6) is 5.75 Å². The number of ether oxygens (including phenoxy) is 1. The van der Waals surface area contributed by atoms with E-state index in [9.17, 15) is 0 Å². The summed E-state index contributed by atoms with van der Waals surface area (Å²) in [5.41, 5.74) is 1.14. The van der Waals surface area contributed by atoms with E-state index in [0.29, 0.717) is 6.61 Å². The van der Waals surface area contributed by atoms with Gasteiger partial charge in [0.2, 0.25) is 0 Å². The second kappa shape index (κ2) is 8.05. The standard InChI is InChI=1S/C16H26N2O/c1-2-19-16-10-6-9-15(13-16)18-12-11-17-14-7-4-3-5-8-14/h6,9-10,13-14,17-18H,2-5,7-8,11-12H2,1H3. The van der Waals surface area contributed by atoms with E-state index in [2.05, 4.69) is 22.8 Å². The lowest BCUT2D eigenvalue weighted by molar-refractivity contribution is 0.340. The molecule has 1 aromatic carbocycles. The molecule has 1 saturated carbocycles. The van der Waals surface area contributed by atoms with Gasteiger partial charge in [-0.25, -0.2) is 0 Å². The summed E-state index contributed by atoms with van der Waals surface area (Å²) in [6.07, 6.45) is 6.89. The highest BCUT2D eigenvalue weighted by Gasteiger charge is 2.11. The minimum atomic E-state index is 0.715. The van der Waals surface area contributed by atoms with Gasteiger partial charge in [-0.05, 0) is 31.9 Å². The molecule has 0 radical (unpaired) electrons. The molecule has 0 aliphatic heterocycles. The topological polar surface area (TPSA) is 33.3 Å². The predicted molar refractivity (Wildman–Crippen MR) is 81.0 cm³/mol. The lowest BCUT2D eigenvalue weighted by Crippen LogP contribution is -2.34. The van der Waals surface area contributed by atoms with E-state index in [1.807, 2.05) is 19.1 Å². The molecule has 1 aliphatic rings. The van der Waals surface area contributed by atoms with E-state index < -0.39 is 0 Å². The summed E-state index contributed by atoms with van der Waals surface area (Å²) in [5.74, 6) is 0.938. The summed E-state index contributed by atoms with van der Waals surface area (Å²) in [4.78, 5) is 0. The van der Waals surface area contributed by atoms with Crippen LogP contribution in [0.15, 0.2) is 24.3 Å². The second-order valence-corrected chi connectivity index (χ2v) is 5.18. The number of benzene rings is 1. The Balaban J connectivity index is 1.65. The Morgan fingerprint density at radius 3 is 2.79 bits per heavy atom. The minimum Gasteiger partial charge on any atom is -0.494 e. The predicted octanol–water partition coefficient (Wildman–Crippen LogP) is 3.42. The van der Waals surface area contributed by atoms with Crippen molar-refractivity contribution in [2.45, 2.75) is 45.1 Å². The first-order valence-corrected chi connectivity index (χ1v) is 7.58. The van der Waals surface area contributed by atoms with Gasteiger partial charge in [0.15, 0.2) is 0 Å². The molecule has 106 valence electrons. The van der Waals surface area contributed by atoms with Crippen molar-refractivity contribution >= 4 is 5.69 Å². The van der Waals surface area contributed by atoms with Crippen LogP contribution in [0.2, 0.25) is 0 Å². The normalized spacial score (nSPS) is 16.3. The second-order valence-electron chi connectivity index (χ2n) is 5.18. The summed E-state index contributed by atoms with van der Waals surface area (Å²) in [6.45, 7) is 4.72. The number of nitrogens with one attached hydrogen (secondary N) is 2. The van der Waals surface area contributed by atoms with Gasteiger partial charge < -0.3 is 15.4 Å². The molecule has 0 aromatic heterocycles. The molecule has 0 saturated heterocycles. The number of rotatable bonds is 7. The van der Waals surface area contributed by atoms with Crippen molar-refractivity contribution in [1.82, 2.24) is 5.32 Å². The van der Waals surface area contributed by atoms with Gasteiger partial charge in [-0.1, -0.05) is 25.3 Å². The van der Waals surface area contributed by atoms with Crippen LogP contribution in [-0.2, 0) is 0 Å². The zero-order chi connectivity index (χ0) is 13.3. The maximum absolute atomic E-state index is 5.49. The highest BCUT2D eigenvalue weighted by molar-refractivity contribution is 5.48. The zero-order valence-electron chi connectivity index (χ0n) is 12.0. The SMILES string of the molecule is CCOc1cccc(NCCNC2CCCCC2)c1. The first kappa shape index (κ1) is 14.2. The Labute approximate surface area is 116 Å². The lowest BCUT2D eigenvalue weighted by Gasteiger charge is -2.23. The first-order valence-electron chi connectivity index (χ1n) is 7.58. The summed E-state index contributed by atoms with van der Waals surface area (Å²) < 4.78 is 5.49. The van der Waals surface area contributed by atoms with Crippen LogP contribution in [0.25, 0.3) is 0 Å². The molecule has 2 N–H and O–H groups in total. The van der Waals surface area contributed by atoms with Crippen LogP contribution < -0.4 is 15.4 Å². The molecule has 0 heterocycles. The highest BCUT2D eigenvalue weighted by atomic mass is 16.5. The molecule has 0 bridgehead atoms. The van der Waals surface area contributed by atoms with Crippen LogP contribution in [0.1, 0.15) is 39.0 Å². The number of hydrogen-bond donors (Lipinski definition) is 2. The fraction of sp³-hybridized carbons (Fsp3) is 0.625. The van der Waals surface area contributed by atoms with Gasteiger partial charge in [0.25, 0.3) is 0 Å². The fourth-order valence-corrected chi connectivity index (χ4v) is 2.65. The van der Waals surface area contributed by atoms with E-state index in [4.69, 9.17) is 4.74 Å². The average Bonchev–Trinajstić information content (AvgIpc) is 2.46. The summed E-state index contributed by atoms with van der Waals surface area (Å²) in [5, 5.41) is 7.08. The summed E-state index contributed by atoms with van der Waals surface area (Å²) >= 11 is 0. The van der Waals surface area contributed by atoms with Gasteiger partial charge >= 0.3 is 0 Å². The van der Waals surface area contributed by atoms with Crippen molar-refractivity contribution in [2.75, 3.05) is 25.0 Å². The van der Waals surface area contributed by atoms with Gasteiger partial charge in [-0.15, -0.1) is 0 Å². The third-order valence-corrected chi connectivity index (χ3v) is 3.64. The monoisotopic (exact) mass is 262 g/mol. The van der Waals surface area contributed by atoms with Gasteiger partial charge in [0, 0.05) is 30.9 Å². The van der Waals surface area contributed by atoms with Crippen LogP contribution in [0.4, 0.5) is 5.69 Å². The average molecular weight is 262 g/mol. The third-order valence-electron chi connectivity index (χ3n) is 3.64. The van der Waals surface area contributed by atoms with Crippen LogP contribution in [-0.4, -0.2) is 25.7 Å². The van der Waals surface area contributed by atoms with Gasteiger partial charge in [0.1, 0.15) is 5.75 Å². The zero-order valence-corrected chi connectivity index (χ0v) is 12.0. The molecule has 19 heavy (non-hydrogen) atoms. The molecule has 3 heteroatoms. The molecule has 0 atom stereocenters. The molecule has 2 rings (SSSR count). The Morgan fingerprint density at radius 2 is 2.00 bits per heavy atom. The third kappa shape index (κ3) is 5.11. The van der Waals surface area contributed by atoms with Gasteiger partial charge in [0.05, 0.1) is 6.61 Å². The first-order chi connectivity index (χ1) is 9.38. The molecule has 3 nitrogen and oxygen atoms in total. The van der Waals surface area contributed by atoms with Gasteiger partial charge in [-0.3, -0.25) is 0 Å². The van der Waals surface area contributed by atoms with Crippen LogP contribution >= 0.6 is 0 Å². The lowest BCUT2D eigenvalue weighted by atomic mass is 9.95. The van der Waals surface area contributed by atoms with E-state index in [0.717, 1.165) is 30.6 Å². The Bertz CT molecular complexity index is 362. The number of anilines is 1. The summed E-state index contributed by atoms with van der Waals surface area (Å²) in [6, 6.07) is 8.91. The van der Waals surface area contributed by atoms with Crippen molar-refractivity contribution in [3.8, 4) is 5.75 Å². The molecule has 1 aliphatic carbocycles. The maximum Gasteiger partial charge on any atom is 0.121 e. The smallest absolute Gasteiger partial charge is 0.121 e. The Morgan fingerprint density at radius 1 is 1.16 bits per heavy atom. The van der Waals surface area contributed by atoms with E-state index in [1.165, 1.54) is 32.1 Å². The van der Waals surface area contributed by atoms with E-state index in [-0.39, 0.29) is 0 Å². The molecule has 0 amide bonds. The molecule has 1 aromatic rings. The van der Waals surface area contributed by atoms with Gasteiger partial charge in [-0.2, -0.15) is 0 Å². The largest absolute Gasteiger partial charge is 0.494 e. The maximum atomic E-state index is 5.49. The Kier molecular flexibility index (Phi) is 6.02. The van der Waals surface area contributed by atoms with E-state index >= 15 is 0 Å². The van der Waals surface area contributed by atoms with Crippen molar-refractivity contribution in [2.24, 2.45) is 0 Å². The molecule has 1 fully saturated rings. The molecule has 0 unspecified atom stereocenters. The Hall–Kier alpha value is -1.22. The molecular weight excluding hydrogens is 236 g/mol. The molecular formula is C16H26N2O. The van der Waals surface area contributed by atoms with Crippen LogP contribution in [0.3, 0.4) is 0 Å².